The third-order valence-electron chi connectivity index (χ3n) is 3.91. The largest absolute Gasteiger partial charge is 0.277 e. The highest BCUT2D eigenvalue weighted by Gasteiger charge is 2.19. The minimum absolute atomic E-state index is 0.0258. The van der Waals surface area contributed by atoms with Gasteiger partial charge in [-0.1, -0.05) is 42.0 Å². The molecule has 3 aromatic rings. The van der Waals surface area contributed by atoms with Crippen molar-refractivity contribution in [2.24, 2.45) is 0 Å². The molecule has 24 heavy (non-hydrogen) atoms. The number of nitro groups is 1. The van der Waals surface area contributed by atoms with Gasteiger partial charge in [-0.25, -0.2) is 8.42 Å². The SMILES string of the molecule is Cc1ccc(S(=O)(=O)Cc2ccc([N+](=O)[O-])c3ccccc23)cc1. The number of aryl methyl sites for hydroxylation is 1. The fraction of sp³-hybridized carbons (Fsp3) is 0.111. The summed E-state index contributed by atoms with van der Waals surface area (Å²) < 4.78 is 25.3. The summed E-state index contributed by atoms with van der Waals surface area (Å²) in [5.41, 5.74) is 1.51. The second-order valence-electron chi connectivity index (χ2n) is 5.62. The molecule has 0 amide bonds. The van der Waals surface area contributed by atoms with Gasteiger partial charge in [0.25, 0.3) is 5.69 Å². The molecule has 0 unspecified atom stereocenters. The van der Waals surface area contributed by atoms with E-state index >= 15 is 0 Å². The minimum atomic E-state index is -3.52. The summed E-state index contributed by atoms with van der Waals surface area (Å²) >= 11 is 0. The van der Waals surface area contributed by atoms with Gasteiger partial charge in [-0.2, -0.15) is 0 Å². The lowest BCUT2D eigenvalue weighted by molar-refractivity contribution is -0.383. The Labute approximate surface area is 139 Å². The van der Waals surface area contributed by atoms with Crippen LogP contribution in [0.1, 0.15) is 11.1 Å². The maximum Gasteiger partial charge on any atom is 0.277 e. The molecule has 0 bridgehead atoms. The number of hydrogen-bond acceptors (Lipinski definition) is 4. The van der Waals surface area contributed by atoms with E-state index < -0.39 is 14.8 Å². The topological polar surface area (TPSA) is 77.3 Å². The molecule has 0 aromatic heterocycles. The number of benzene rings is 3. The van der Waals surface area contributed by atoms with Crippen molar-refractivity contribution >= 4 is 26.3 Å². The van der Waals surface area contributed by atoms with Crippen LogP contribution in [0.3, 0.4) is 0 Å². The molecule has 0 spiro atoms. The molecule has 0 aliphatic heterocycles. The van der Waals surface area contributed by atoms with E-state index in [0.29, 0.717) is 16.3 Å². The zero-order valence-electron chi connectivity index (χ0n) is 13.0. The molecule has 5 nitrogen and oxygen atoms in total. The van der Waals surface area contributed by atoms with Crippen molar-refractivity contribution in [2.75, 3.05) is 0 Å². The van der Waals surface area contributed by atoms with E-state index in [1.54, 1.807) is 48.5 Å². The maximum absolute atomic E-state index is 12.6. The van der Waals surface area contributed by atoms with Crippen LogP contribution in [0.4, 0.5) is 5.69 Å². The summed E-state index contributed by atoms with van der Waals surface area (Å²) in [7, 11) is -3.52. The fourth-order valence-corrected chi connectivity index (χ4v) is 4.04. The van der Waals surface area contributed by atoms with Gasteiger partial charge in [0, 0.05) is 6.07 Å². The summed E-state index contributed by atoms with van der Waals surface area (Å²) in [6, 6.07) is 16.3. The predicted molar refractivity (Wildman–Crippen MR) is 92.7 cm³/mol. The van der Waals surface area contributed by atoms with Crippen molar-refractivity contribution < 1.29 is 13.3 Å². The molecular formula is C18H15NO4S. The first-order valence-electron chi connectivity index (χ1n) is 7.33. The maximum atomic E-state index is 12.6. The highest BCUT2D eigenvalue weighted by atomic mass is 32.2. The van der Waals surface area contributed by atoms with Crippen molar-refractivity contribution in [3.05, 3.63) is 81.9 Å². The van der Waals surface area contributed by atoms with E-state index in [1.807, 2.05) is 6.92 Å². The van der Waals surface area contributed by atoms with Gasteiger partial charge in [0.15, 0.2) is 9.84 Å². The van der Waals surface area contributed by atoms with E-state index in [9.17, 15) is 18.5 Å². The number of nitro benzene ring substituents is 1. The zero-order valence-corrected chi connectivity index (χ0v) is 13.8. The Hall–Kier alpha value is -2.73. The molecule has 122 valence electrons. The Morgan fingerprint density at radius 3 is 2.17 bits per heavy atom. The summed E-state index contributed by atoms with van der Waals surface area (Å²) in [5.74, 6) is -0.200. The highest BCUT2D eigenvalue weighted by molar-refractivity contribution is 7.90. The average Bonchev–Trinajstić information content (AvgIpc) is 2.55. The van der Waals surface area contributed by atoms with Crippen LogP contribution in [0.15, 0.2) is 65.6 Å². The second-order valence-corrected chi connectivity index (χ2v) is 7.61. The van der Waals surface area contributed by atoms with Crippen LogP contribution in [0.5, 0.6) is 0 Å². The van der Waals surface area contributed by atoms with Crippen LogP contribution < -0.4 is 0 Å². The van der Waals surface area contributed by atoms with Gasteiger partial charge in [-0.15, -0.1) is 0 Å². The van der Waals surface area contributed by atoms with Crippen molar-refractivity contribution in [3.63, 3.8) is 0 Å². The third-order valence-corrected chi connectivity index (χ3v) is 5.60. The van der Waals surface area contributed by atoms with Crippen LogP contribution in [-0.4, -0.2) is 13.3 Å². The highest BCUT2D eigenvalue weighted by Crippen LogP contribution is 2.30. The van der Waals surface area contributed by atoms with E-state index in [4.69, 9.17) is 0 Å². The van der Waals surface area contributed by atoms with Gasteiger partial charge in [0.05, 0.1) is 21.0 Å². The van der Waals surface area contributed by atoms with Crippen molar-refractivity contribution in [1.82, 2.24) is 0 Å². The lowest BCUT2D eigenvalue weighted by atomic mass is 10.0. The van der Waals surface area contributed by atoms with Crippen molar-refractivity contribution in [1.29, 1.82) is 0 Å². The van der Waals surface area contributed by atoms with E-state index in [-0.39, 0.29) is 16.3 Å². The lowest BCUT2D eigenvalue weighted by Crippen LogP contribution is -2.06. The molecular weight excluding hydrogens is 326 g/mol. The van der Waals surface area contributed by atoms with Gasteiger partial charge in [-0.05, 0) is 36.1 Å². The van der Waals surface area contributed by atoms with Crippen LogP contribution in [-0.2, 0) is 15.6 Å². The second kappa shape index (κ2) is 6.05. The fourth-order valence-electron chi connectivity index (χ4n) is 2.66. The molecule has 0 aliphatic rings. The minimum Gasteiger partial charge on any atom is -0.258 e. The van der Waals surface area contributed by atoms with Crippen LogP contribution in [0.25, 0.3) is 10.8 Å². The lowest BCUT2D eigenvalue weighted by Gasteiger charge is -2.09. The van der Waals surface area contributed by atoms with Crippen molar-refractivity contribution in [2.45, 2.75) is 17.6 Å². The molecule has 0 heterocycles. The molecule has 0 aliphatic carbocycles. The summed E-state index contributed by atoms with van der Waals surface area (Å²) in [6.07, 6.45) is 0. The Balaban J connectivity index is 2.09. The number of sulfone groups is 1. The number of fused-ring (bicyclic) bond motifs is 1. The molecule has 0 atom stereocenters. The number of non-ortho nitro benzene ring substituents is 1. The Morgan fingerprint density at radius 1 is 0.917 bits per heavy atom. The smallest absolute Gasteiger partial charge is 0.258 e. The van der Waals surface area contributed by atoms with Crippen LogP contribution in [0, 0.1) is 17.0 Å². The Morgan fingerprint density at radius 2 is 1.54 bits per heavy atom. The van der Waals surface area contributed by atoms with Gasteiger partial charge < -0.3 is 0 Å². The molecule has 0 N–H and O–H groups in total. The Bertz CT molecular complexity index is 1020. The van der Waals surface area contributed by atoms with E-state index in [1.165, 1.54) is 12.1 Å². The first-order valence-corrected chi connectivity index (χ1v) is 8.98. The van der Waals surface area contributed by atoms with Gasteiger partial charge in [-0.3, -0.25) is 10.1 Å². The number of hydrogen-bond donors (Lipinski definition) is 0. The summed E-state index contributed by atoms with van der Waals surface area (Å²) in [6.45, 7) is 1.89. The molecule has 3 rings (SSSR count). The molecule has 0 radical (unpaired) electrons. The molecule has 0 saturated carbocycles. The van der Waals surface area contributed by atoms with Gasteiger partial charge in [0.1, 0.15) is 0 Å². The molecule has 0 saturated heterocycles. The third kappa shape index (κ3) is 3.00. The number of rotatable bonds is 4. The standard InChI is InChI=1S/C18H15NO4S/c1-13-6-9-15(10-7-13)24(22,23)12-14-8-11-18(19(20)21)17-5-3-2-4-16(14)17/h2-11H,12H2,1H3. The monoisotopic (exact) mass is 341 g/mol. The van der Waals surface area contributed by atoms with Crippen LogP contribution >= 0.6 is 0 Å². The molecule has 0 fully saturated rings. The van der Waals surface area contributed by atoms with Crippen molar-refractivity contribution in [3.8, 4) is 0 Å². The average molecular weight is 341 g/mol. The van der Waals surface area contributed by atoms with Crippen LogP contribution in [0.2, 0.25) is 0 Å². The number of nitrogens with zero attached hydrogens (tertiary/aromatic N) is 1. The van der Waals surface area contributed by atoms with E-state index in [0.717, 1.165) is 5.56 Å². The van der Waals surface area contributed by atoms with E-state index in [2.05, 4.69) is 0 Å². The summed E-state index contributed by atoms with van der Waals surface area (Å²) in [5, 5.41) is 12.2. The first kappa shape index (κ1) is 16.1. The molecule has 3 aromatic carbocycles. The quantitative estimate of drug-likeness (QED) is 0.530. The Kier molecular flexibility index (Phi) is 4.07. The predicted octanol–water partition coefficient (Wildman–Crippen LogP) is 4.03. The summed E-state index contributed by atoms with van der Waals surface area (Å²) in [4.78, 5) is 10.9. The molecule has 6 heteroatoms. The van der Waals surface area contributed by atoms with Gasteiger partial charge in [0.2, 0.25) is 0 Å². The zero-order chi connectivity index (χ0) is 17.3. The van der Waals surface area contributed by atoms with Gasteiger partial charge >= 0.3 is 0 Å². The first-order chi connectivity index (χ1) is 11.4. The normalized spacial score (nSPS) is 11.5.